The highest BCUT2D eigenvalue weighted by molar-refractivity contribution is 9.11. The van der Waals surface area contributed by atoms with Crippen molar-refractivity contribution in [2.45, 2.75) is 12.8 Å². The highest BCUT2D eigenvalue weighted by Crippen LogP contribution is 2.33. The van der Waals surface area contributed by atoms with Crippen LogP contribution in [0.1, 0.15) is 12.8 Å². The van der Waals surface area contributed by atoms with Gasteiger partial charge in [-0.15, -0.1) is 0 Å². The molecule has 1 saturated heterocycles. The van der Waals surface area contributed by atoms with Crippen LogP contribution in [0.25, 0.3) is 0 Å². The third-order valence-electron chi connectivity index (χ3n) is 3.64. The molecule has 0 radical (unpaired) electrons. The van der Waals surface area contributed by atoms with Crippen molar-refractivity contribution >= 4 is 43.5 Å². The summed E-state index contributed by atoms with van der Waals surface area (Å²) in [5, 5.41) is 6.30. The first-order chi connectivity index (χ1) is 9.57. The summed E-state index contributed by atoms with van der Waals surface area (Å²) in [7, 11) is 1.65. The van der Waals surface area contributed by atoms with Gasteiger partial charge in [-0.3, -0.25) is 4.79 Å². The van der Waals surface area contributed by atoms with Gasteiger partial charge in [-0.05, 0) is 60.1 Å². The minimum atomic E-state index is -0.438. The minimum Gasteiger partial charge on any atom is -0.384 e. The number of carbonyl (C=O) groups excluding carboxylic acids is 1. The Balaban J connectivity index is 2.15. The number of ether oxygens (including phenoxy) is 1. The van der Waals surface area contributed by atoms with E-state index >= 15 is 0 Å². The lowest BCUT2D eigenvalue weighted by atomic mass is 9.78. The molecule has 4 nitrogen and oxygen atoms in total. The summed E-state index contributed by atoms with van der Waals surface area (Å²) in [6.07, 6.45) is 1.58. The number of methoxy groups -OCH3 is 1. The fourth-order valence-electron chi connectivity index (χ4n) is 2.46. The maximum atomic E-state index is 12.7. The van der Waals surface area contributed by atoms with Gasteiger partial charge in [0.2, 0.25) is 5.91 Å². The van der Waals surface area contributed by atoms with Gasteiger partial charge in [0.25, 0.3) is 0 Å². The first-order valence-electron chi connectivity index (χ1n) is 6.53. The summed E-state index contributed by atoms with van der Waals surface area (Å²) in [6, 6.07) is 5.71. The van der Waals surface area contributed by atoms with Crippen molar-refractivity contribution in [2.24, 2.45) is 5.41 Å². The zero-order chi connectivity index (χ0) is 14.6. The fourth-order valence-corrected chi connectivity index (χ4v) is 3.61. The van der Waals surface area contributed by atoms with Crippen LogP contribution in [0.15, 0.2) is 27.1 Å². The molecule has 1 heterocycles. The second-order valence-electron chi connectivity index (χ2n) is 5.04. The van der Waals surface area contributed by atoms with Crippen molar-refractivity contribution in [1.29, 1.82) is 0 Å². The van der Waals surface area contributed by atoms with Gasteiger partial charge in [-0.1, -0.05) is 15.9 Å². The van der Waals surface area contributed by atoms with Gasteiger partial charge in [0.05, 0.1) is 17.7 Å². The second kappa shape index (κ2) is 7.02. The second-order valence-corrected chi connectivity index (χ2v) is 6.81. The average Bonchev–Trinajstić information content (AvgIpc) is 2.43. The van der Waals surface area contributed by atoms with Crippen molar-refractivity contribution in [3.63, 3.8) is 0 Å². The van der Waals surface area contributed by atoms with Crippen molar-refractivity contribution in [2.75, 3.05) is 32.1 Å². The molecular formula is C14H18Br2N2O2. The Morgan fingerprint density at radius 1 is 1.40 bits per heavy atom. The van der Waals surface area contributed by atoms with E-state index in [1.807, 2.05) is 18.2 Å². The molecule has 20 heavy (non-hydrogen) atoms. The first-order valence-corrected chi connectivity index (χ1v) is 8.12. The molecule has 0 spiro atoms. The van der Waals surface area contributed by atoms with Gasteiger partial charge in [0.1, 0.15) is 0 Å². The molecule has 2 N–H and O–H groups in total. The van der Waals surface area contributed by atoms with E-state index in [2.05, 4.69) is 42.5 Å². The molecular weight excluding hydrogens is 388 g/mol. The van der Waals surface area contributed by atoms with Crippen molar-refractivity contribution in [3.8, 4) is 0 Å². The molecule has 0 unspecified atom stereocenters. The van der Waals surface area contributed by atoms with Gasteiger partial charge >= 0.3 is 0 Å². The Hall–Kier alpha value is -0.430. The van der Waals surface area contributed by atoms with Crippen LogP contribution in [0.2, 0.25) is 0 Å². The Labute approximate surface area is 135 Å². The largest absolute Gasteiger partial charge is 0.384 e. The number of hydrogen-bond acceptors (Lipinski definition) is 3. The standard InChI is InChI=1S/C14H18Br2N2O2/c1-20-9-14(4-6-17-7-5-14)13(19)18-12-3-2-10(15)8-11(12)16/h2-3,8,17H,4-7,9H2,1H3,(H,18,19). The summed E-state index contributed by atoms with van der Waals surface area (Å²) in [5.41, 5.74) is 0.346. The van der Waals surface area contributed by atoms with Crippen LogP contribution in [-0.2, 0) is 9.53 Å². The number of anilines is 1. The molecule has 6 heteroatoms. The third kappa shape index (κ3) is 3.61. The number of nitrogens with one attached hydrogen (secondary N) is 2. The molecule has 0 atom stereocenters. The molecule has 1 aromatic carbocycles. The van der Waals surface area contributed by atoms with Gasteiger partial charge in [0.15, 0.2) is 0 Å². The Morgan fingerprint density at radius 3 is 2.70 bits per heavy atom. The van der Waals surface area contributed by atoms with E-state index in [1.54, 1.807) is 7.11 Å². The molecule has 1 fully saturated rings. The Morgan fingerprint density at radius 2 is 2.10 bits per heavy atom. The van der Waals surface area contributed by atoms with E-state index in [1.165, 1.54) is 0 Å². The van der Waals surface area contributed by atoms with Crippen molar-refractivity contribution in [3.05, 3.63) is 27.1 Å². The number of piperidine rings is 1. The summed E-state index contributed by atoms with van der Waals surface area (Å²) >= 11 is 6.87. The summed E-state index contributed by atoms with van der Waals surface area (Å²) in [4.78, 5) is 12.7. The molecule has 0 saturated carbocycles. The van der Waals surface area contributed by atoms with Crippen LogP contribution in [0.4, 0.5) is 5.69 Å². The van der Waals surface area contributed by atoms with Crippen LogP contribution in [-0.4, -0.2) is 32.7 Å². The van der Waals surface area contributed by atoms with Crippen LogP contribution >= 0.6 is 31.9 Å². The van der Waals surface area contributed by atoms with Crippen molar-refractivity contribution in [1.82, 2.24) is 5.32 Å². The lowest BCUT2D eigenvalue weighted by molar-refractivity contribution is -0.130. The molecule has 1 aliphatic heterocycles. The molecule has 2 rings (SSSR count). The number of carbonyl (C=O) groups is 1. The van der Waals surface area contributed by atoms with E-state index in [9.17, 15) is 4.79 Å². The van der Waals surface area contributed by atoms with Gasteiger partial charge < -0.3 is 15.4 Å². The lowest BCUT2D eigenvalue weighted by Gasteiger charge is -2.35. The molecule has 1 aromatic rings. The lowest BCUT2D eigenvalue weighted by Crippen LogP contribution is -2.47. The van der Waals surface area contributed by atoms with Crippen LogP contribution < -0.4 is 10.6 Å². The van der Waals surface area contributed by atoms with E-state index in [4.69, 9.17) is 4.74 Å². The summed E-state index contributed by atoms with van der Waals surface area (Å²) in [5.74, 6) is 0.0314. The van der Waals surface area contributed by atoms with Gasteiger partial charge in [-0.25, -0.2) is 0 Å². The number of amides is 1. The minimum absolute atomic E-state index is 0.0314. The zero-order valence-corrected chi connectivity index (χ0v) is 14.5. The normalized spacial score (nSPS) is 17.8. The summed E-state index contributed by atoms with van der Waals surface area (Å²) < 4.78 is 7.12. The number of halogens is 2. The maximum Gasteiger partial charge on any atom is 0.233 e. The van der Waals surface area contributed by atoms with Crippen LogP contribution in [0, 0.1) is 5.41 Å². The van der Waals surface area contributed by atoms with E-state index in [0.29, 0.717) is 6.61 Å². The number of rotatable bonds is 4. The molecule has 1 aliphatic rings. The van der Waals surface area contributed by atoms with E-state index in [0.717, 1.165) is 40.6 Å². The third-order valence-corrected chi connectivity index (χ3v) is 4.79. The number of benzene rings is 1. The van der Waals surface area contributed by atoms with Gasteiger partial charge in [0, 0.05) is 16.1 Å². The first kappa shape index (κ1) is 15.9. The molecule has 0 aliphatic carbocycles. The highest BCUT2D eigenvalue weighted by atomic mass is 79.9. The smallest absolute Gasteiger partial charge is 0.233 e. The number of hydrogen-bond donors (Lipinski definition) is 2. The van der Waals surface area contributed by atoms with Gasteiger partial charge in [-0.2, -0.15) is 0 Å². The fraction of sp³-hybridized carbons (Fsp3) is 0.500. The maximum absolute atomic E-state index is 12.7. The monoisotopic (exact) mass is 404 g/mol. The predicted octanol–water partition coefficient (Wildman–Crippen LogP) is 3.17. The Bertz CT molecular complexity index is 483. The average molecular weight is 406 g/mol. The van der Waals surface area contributed by atoms with Crippen LogP contribution in [0.5, 0.6) is 0 Å². The molecule has 110 valence electrons. The molecule has 0 aromatic heterocycles. The topological polar surface area (TPSA) is 50.4 Å². The Kier molecular flexibility index (Phi) is 5.60. The highest BCUT2D eigenvalue weighted by Gasteiger charge is 2.39. The predicted molar refractivity (Wildman–Crippen MR) is 86.9 cm³/mol. The molecule has 1 amide bonds. The van der Waals surface area contributed by atoms with Crippen LogP contribution in [0.3, 0.4) is 0 Å². The quantitative estimate of drug-likeness (QED) is 0.808. The summed E-state index contributed by atoms with van der Waals surface area (Å²) in [6.45, 7) is 2.14. The zero-order valence-electron chi connectivity index (χ0n) is 11.3. The van der Waals surface area contributed by atoms with E-state index < -0.39 is 5.41 Å². The van der Waals surface area contributed by atoms with E-state index in [-0.39, 0.29) is 5.91 Å². The SMILES string of the molecule is COCC1(C(=O)Nc2ccc(Br)cc2Br)CCNCC1. The molecule has 0 bridgehead atoms. The van der Waals surface area contributed by atoms with Crippen molar-refractivity contribution < 1.29 is 9.53 Å².